The molecule has 110 valence electrons. The van der Waals surface area contributed by atoms with E-state index in [1.54, 1.807) is 12.1 Å². The summed E-state index contributed by atoms with van der Waals surface area (Å²) in [6.45, 7) is 0.427. The Morgan fingerprint density at radius 2 is 1.73 bits per heavy atom. The summed E-state index contributed by atoms with van der Waals surface area (Å²) in [6, 6.07) is 16.5. The Morgan fingerprint density at radius 3 is 2.45 bits per heavy atom. The average molecular weight is 327 g/mol. The lowest BCUT2D eigenvalue weighted by atomic mass is 10.2. The second-order valence-corrected chi connectivity index (χ2v) is 6.74. The molecular formula is C17H13NO2S2. The van der Waals surface area contributed by atoms with Crippen molar-refractivity contribution in [2.45, 2.75) is 6.54 Å². The first-order valence-electron chi connectivity index (χ1n) is 6.74. The van der Waals surface area contributed by atoms with E-state index in [0.717, 1.165) is 9.75 Å². The van der Waals surface area contributed by atoms with Crippen LogP contribution in [0.25, 0.3) is 0 Å². The molecule has 2 heterocycles. The third kappa shape index (κ3) is 3.32. The minimum atomic E-state index is -0.111. The van der Waals surface area contributed by atoms with Crippen LogP contribution in [0, 0.1) is 0 Å². The maximum Gasteiger partial charge on any atom is 0.251 e. The normalized spacial score (nSPS) is 10.4. The van der Waals surface area contributed by atoms with Gasteiger partial charge in [0.15, 0.2) is 0 Å². The van der Waals surface area contributed by atoms with Crippen molar-refractivity contribution in [2.24, 2.45) is 0 Å². The maximum atomic E-state index is 12.2. The Hall–Kier alpha value is -2.24. The third-order valence-electron chi connectivity index (χ3n) is 3.09. The maximum absolute atomic E-state index is 12.2. The Labute approximate surface area is 136 Å². The van der Waals surface area contributed by atoms with E-state index in [1.807, 2.05) is 47.8 Å². The van der Waals surface area contributed by atoms with E-state index in [-0.39, 0.29) is 11.7 Å². The van der Waals surface area contributed by atoms with Crippen molar-refractivity contribution in [1.29, 1.82) is 0 Å². The highest BCUT2D eigenvalue weighted by atomic mass is 32.1. The van der Waals surface area contributed by atoms with E-state index >= 15 is 0 Å². The van der Waals surface area contributed by atoms with Gasteiger partial charge in [-0.25, -0.2) is 0 Å². The van der Waals surface area contributed by atoms with E-state index in [2.05, 4.69) is 5.32 Å². The average Bonchev–Trinajstić information content (AvgIpc) is 3.24. The molecule has 5 heteroatoms. The molecule has 0 bridgehead atoms. The lowest BCUT2D eigenvalue weighted by Gasteiger charge is -2.03. The first-order valence-corrected chi connectivity index (χ1v) is 8.44. The molecule has 1 aromatic carbocycles. The Bertz CT molecular complexity index is 776. The van der Waals surface area contributed by atoms with Gasteiger partial charge >= 0.3 is 0 Å². The highest BCUT2D eigenvalue weighted by molar-refractivity contribution is 7.16. The second kappa shape index (κ2) is 6.68. The third-order valence-corrected chi connectivity index (χ3v) is 5.04. The van der Waals surface area contributed by atoms with Crippen LogP contribution in [0.15, 0.2) is 60.0 Å². The van der Waals surface area contributed by atoms with Crippen molar-refractivity contribution in [2.75, 3.05) is 0 Å². The molecule has 0 aliphatic heterocycles. The molecule has 0 aliphatic rings. The molecule has 3 aromatic rings. The lowest BCUT2D eigenvalue weighted by Crippen LogP contribution is -2.22. The molecule has 1 N–H and O–H groups in total. The van der Waals surface area contributed by atoms with E-state index in [1.165, 1.54) is 22.7 Å². The molecule has 0 saturated carbocycles. The van der Waals surface area contributed by atoms with Crippen LogP contribution in [0.1, 0.15) is 29.8 Å². The molecule has 0 fully saturated rings. The van der Waals surface area contributed by atoms with Crippen LogP contribution in [-0.4, -0.2) is 11.7 Å². The van der Waals surface area contributed by atoms with Gasteiger partial charge in [0.05, 0.1) is 16.3 Å². The van der Waals surface area contributed by atoms with E-state index in [9.17, 15) is 9.59 Å². The summed E-state index contributed by atoms with van der Waals surface area (Å²) in [5, 5.41) is 4.76. The van der Waals surface area contributed by atoms with Gasteiger partial charge in [-0.3, -0.25) is 9.59 Å². The van der Waals surface area contributed by atoms with Crippen molar-refractivity contribution in [1.82, 2.24) is 5.32 Å². The summed E-state index contributed by atoms with van der Waals surface area (Å²) >= 11 is 2.86. The van der Waals surface area contributed by atoms with Gasteiger partial charge < -0.3 is 5.32 Å². The number of ketones is 1. The summed E-state index contributed by atoms with van der Waals surface area (Å²) in [5.41, 5.74) is 0.633. The smallest absolute Gasteiger partial charge is 0.251 e. The van der Waals surface area contributed by atoms with Crippen LogP contribution >= 0.6 is 22.7 Å². The zero-order valence-electron chi connectivity index (χ0n) is 11.6. The van der Waals surface area contributed by atoms with Gasteiger partial charge in [-0.05, 0) is 35.7 Å². The number of benzene rings is 1. The molecule has 0 atom stereocenters. The number of nitrogens with one attached hydrogen (secondary N) is 1. The molecule has 22 heavy (non-hydrogen) atoms. The zero-order chi connectivity index (χ0) is 15.4. The second-order valence-electron chi connectivity index (χ2n) is 4.62. The molecule has 2 aromatic heterocycles. The fraction of sp³-hybridized carbons (Fsp3) is 0.0588. The van der Waals surface area contributed by atoms with Crippen LogP contribution in [0.5, 0.6) is 0 Å². The number of thiophene rings is 2. The topological polar surface area (TPSA) is 46.2 Å². The number of hydrogen-bond acceptors (Lipinski definition) is 4. The summed E-state index contributed by atoms with van der Waals surface area (Å²) in [4.78, 5) is 26.6. The first-order chi connectivity index (χ1) is 10.7. The summed E-state index contributed by atoms with van der Waals surface area (Å²) < 4.78 is 0. The van der Waals surface area contributed by atoms with Crippen LogP contribution < -0.4 is 5.32 Å². The molecule has 0 spiro atoms. The number of amides is 1. The van der Waals surface area contributed by atoms with Gasteiger partial charge in [-0.15, -0.1) is 22.7 Å². The molecule has 0 saturated heterocycles. The number of hydrogen-bond donors (Lipinski definition) is 1. The Kier molecular flexibility index (Phi) is 4.46. The Balaban J connectivity index is 1.63. The Morgan fingerprint density at radius 1 is 0.909 bits per heavy atom. The molecule has 0 unspecified atom stereocenters. The van der Waals surface area contributed by atoms with Crippen molar-refractivity contribution >= 4 is 34.4 Å². The summed E-state index contributed by atoms with van der Waals surface area (Å²) in [5.74, 6) is -0.0687. The van der Waals surface area contributed by atoms with Gasteiger partial charge in [0.2, 0.25) is 5.78 Å². The highest BCUT2D eigenvalue weighted by Gasteiger charge is 2.13. The molecule has 0 radical (unpaired) electrons. The lowest BCUT2D eigenvalue weighted by molar-refractivity contribution is 0.0950. The summed E-state index contributed by atoms with van der Waals surface area (Å²) in [6.07, 6.45) is 0. The molecule has 3 nitrogen and oxygen atoms in total. The van der Waals surface area contributed by atoms with Gasteiger partial charge in [0, 0.05) is 10.4 Å². The standard InChI is InChI=1S/C17H13NO2S2/c19-16(14-7-4-10-21-14)15-9-8-13(22-15)11-18-17(20)12-5-2-1-3-6-12/h1-10H,11H2,(H,18,20). The first kappa shape index (κ1) is 14.7. The molecule has 3 rings (SSSR count). The minimum Gasteiger partial charge on any atom is -0.347 e. The largest absolute Gasteiger partial charge is 0.347 e. The fourth-order valence-corrected chi connectivity index (χ4v) is 3.63. The highest BCUT2D eigenvalue weighted by Crippen LogP contribution is 2.22. The van der Waals surface area contributed by atoms with Crippen molar-refractivity contribution in [3.8, 4) is 0 Å². The quantitative estimate of drug-likeness (QED) is 0.721. The van der Waals surface area contributed by atoms with Crippen molar-refractivity contribution in [3.05, 3.63) is 80.2 Å². The SMILES string of the molecule is O=C(NCc1ccc(C(=O)c2cccs2)s1)c1ccccc1. The monoisotopic (exact) mass is 327 g/mol. The van der Waals surface area contributed by atoms with Crippen LogP contribution in [0.3, 0.4) is 0 Å². The van der Waals surface area contributed by atoms with Crippen LogP contribution in [0.4, 0.5) is 0 Å². The molecular weight excluding hydrogens is 314 g/mol. The predicted molar refractivity (Wildman–Crippen MR) is 89.7 cm³/mol. The number of carbonyl (C=O) groups excluding carboxylic acids is 2. The van der Waals surface area contributed by atoms with Crippen LogP contribution in [-0.2, 0) is 6.54 Å². The number of carbonyl (C=O) groups is 2. The fourth-order valence-electron chi connectivity index (χ4n) is 1.98. The van der Waals surface area contributed by atoms with Crippen molar-refractivity contribution < 1.29 is 9.59 Å². The van der Waals surface area contributed by atoms with E-state index < -0.39 is 0 Å². The summed E-state index contributed by atoms with van der Waals surface area (Å²) in [7, 11) is 0. The van der Waals surface area contributed by atoms with E-state index in [0.29, 0.717) is 17.0 Å². The zero-order valence-corrected chi connectivity index (χ0v) is 13.2. The van der Waals surface area contributed by atoms with Crippen molar-refractivity contribution in [3.63, 3.8) is 0 Å². The van der Waals surface area contributed by atoms with E-state index in [4.69, 9.17) is 0 Å². The number of rotatable bonds is 5. The molecule has 0 aliphatic carbocycles. The van der Waals surface area contributed by atoms with Gasteiger partial charge in [0.1, 0.15) is 0 Å². The minimum absolute atomic E-state index is 0.0423. The van der Waals surface area contributed by atoms with Gasteiger partial charge in [-0.1, -0.05) is 24.3 Å². The predicted octanol–water partition coefficient (Wildman–Crippen LogP) is 3.97. The van der Waals surface area contributed by atoms with Gasteiger partial charge in [0.25, 0.3) is 5.91 Å². The van der Waals surface area contributed by atoms with Crippen LogP contribution in [0.2, 0.25) is 0 Å². The molecule has 1 amide bonds. The van der Waals surface area contributed by atoms with Gasteiger partial charge in [-0.2, -0.15) is 0 Å².